The van der Waals surface area contributed by atoms with Crippen molar-refractivity contribution in [2.45, 2.75) is 19.5 Å². The molecular formula is C13H9F3N4O2. The Morgan fingerprint density at radius 3 is 2.73 bits per heavy atom. The number of furan rings is 1. The minimum absolute atomic E-state index is 0.0155. The number of aromatic nitrogens is 4. The van der Waals surface area contributed by atoms with E-state index in [0.29, 0.717) is 5.69 Å². The average molecular weight is 310 g/mol. The largest absolute Gasteiger partial charge is 0.461 e. The lowest BCUT2D eigenvalue weighted by Crippen LogP contribution is -2.08. The molecule has 0 saturated heterocycles. The van der Waals surface area contributed by atoms with Crippen LogP contribution in [0.15, 0.2) is 28.9 Å². The van der Waals surface area contributed by atoms with Gasteiger partial charge < -0.3 is 4.42 Å². The second-order valence-electron chi connectivity index (χ2n) is 4.63. The Morgan fingerprint density at radius 1 is 1.36 bits per heavy atom. The van der Waals surface area contributed by atoms with Crippen molar-refractivity contribution >= 4 is 11.4 Å². The Kier molecular flexibility index (Phi) is 3.19. The SMILES string of the molecule is CC(=O)Cc1cc2nc(C(F)(F)F)nn2c(-c2ccco2)n1. The van der Waals surface area contributed by atoms with Crippen LogP contribution in [0.1, 0.15) is 18.4 Å². The molecule has 9 heteroatoms. The molecule has 0 atom stereocenters. The van der Waals surface area contributed by atoms with Crippen molar-refractivity contribution in [3.63, 3.8) is 0 Å². The lowest BCUT2D eigenvalue weighted by atomic mass is 10.2. The zero-order valence-electron chi connectivity index (χ0n) is 11.3. The summed E-state index contributed by atoms with van der Waals surface area (Å²) in [6.45, 7) is 1.36. The Balaban J connectivity index is 2.25. The number of rotatable bonds is 3. The number of halogens is 3. The third kappa shape index (κ3) is 2.57. The number of fused-ring (bicyclic) bond motifs is 1. The van der Waals surface area contributed by atoms with Gasteiger partial charge in [-0.3, -0.25) is 4.79 Å². The van der Waals surface area contributed by atoms with E-state index in [1.54, 1.807) is 6.07 Å². The van der Waals surface area contributed by atoms with Crippen molar-refractivity contribution in [1.29, 1.82) is 0 Å². The van der Waals surface area contributed by atoms with Crippen LogP contribution in [0.5, 0.6) is 0 Å². The molecule has 114 valence electrons. The summed E-state index contributed by atoms with van der Waals surface area (Å²) in [5.74, 6) is -1.16. The molecule has 0 unspecified atom stereocenters. The van der Waals surface area contributed by atoms with Crippen molar-refractivity contribution in [1.82, 2.24) is 19.6 Å². The summed E-state index contributed by atoms with van der Waals surface area (Å²) < 4.78 is 44.4. The van der Waals surface area contributed by atoms with Crippen molar-refractivity contribution in [2.75, 3.05) is 0 Å². The topological polar surface area (TPSA) is 73.3 Å². The molecule has 0 amide bonds. The predicted octanol–water partition coefficient (Wildman–Crippen LogP) is 2.53. The molecule has 3 aromatic heterocycles. The molecule has 0 aliphatic heterocycles. The van der Waals surface area contributed by atoms with Gasteiger partial charge >= 0.3 is 6.18 Å². The first-order valence-electron chi connectivity index (χ1n) is 6.22. The fourth-order valence-corrected chi connectivity index (χ4v) is 1.97. The highest BCUT2D eigenvalue weighted by molar-refractivity contribution is 5.78. The number of Topliss-reactive ketones (excluding diaryl/α,β-unsaturated/α-hetero) is 1. The minimum Gasteiger partial charge on any atom is -0.461 e. The van der Waals surface area contributed by atoms with Gasteiger partial charge in [-0.25, -0.2) is 9.97 Å². The van der Waals surface area contributed by atoms with E-state index in [4.69, 9.17) is 4.42 Å². The van der Waals surface area contributed by atoms with Gasteiger partial charge in [0, 0.05) is 12.5 Å². The molecule has 0 aliphatic rings. The summed E-state index contributed by atoms with van der Waals surface area (Å²) in [6.07, 6.45) is -3.33. The number of alkyl halides is 3. The van der Waals surface area contributed by atoms with Gasteiger partial charge in [0.15, 0.2) is 17.2 Å². The highest BCUT2D eigenvalue weighted by atomic mass is 19.4. The lowest BCUT2D eigenvalue weighted by Gasteiger charge is -2.03. The minimum atomic E-state index is -4.67. The van der Waals surface area contributed by atoms with Crippen molar-refractivity contribution in [2.24, 2.45) is 0 Å². The molecule has 0 N–H and O–H groups in total. The van der Waals surface area contributed by atoms with E-state index in [0.717, 1.165) is 4.52 Å². The van der Waals surface area contributed by atoms with Gasteiger partial charge in [-0.1, -0.05) is 0 Å². The van der Waals surface area contributed by atoms with E-state index in [9.17, 15) is 18.0 Å². The third-order valence-corrected chi connectivity index (χ3v) is 2.80. The third-order valence-electron chi connectivity index (χ3n) is 2.80. The van der Waals surface area contributed by atoms with Gasteiger partial charge in [0.2, 0.25) is 0 Å². The van der Waals surface area contributed by atoms with Crippen molar-refractivity contribution in [3.05, 3.63) is 36.0 Å². The molecule has 0 radical (unpaired) electrons. The van der Waals surface area contributed by atoms with E-state index in [2.05, 4.69) is 15.1 Å². The molecule has 0 saturated carbocycles. The van der Waals surface area contributed by atoms with Crippen LogP contribution in [0.4, 0.5) is 13.2 Å². The van der Waals surface area contributed by atoms with Gasteiger partial charge in [0.1, 0.15) is 5.78 Å². The van der Waals surface area contributed by atoms with Crippen LogP contribution in [0.25, 0.3) is 17.2 Å². The standard InChI is InChI=1S/C13H9F3N4O2/c1-7(21)5-8-6-10-18-12(13(14,15)16)19-20(10)11(17-8)9-3-2-4-22-9/h2-4,6H,5H2,1H3. The van der Waals surface area contributed by atoms with Gasteiger partial charge in [0.05, 0.1) is 12.0 Å². The van der Waals surface area contributed by atoms with E-state index in [-0.39, 0.29) is 29.4 Å². The van der Waals surface area contributed by atoms with Crippen LogP contribution in [0.3, 0.4) is 0 Å². The quantitative estimate of drug-likeness (QED) is 0.743. The van der Waals surface area contributed by atoms with E-state index in [1.807, 2.05) is 0 Å². The van der Waals surface area contributed by atoms with E-state index < -0.39 is 12.0 Å². The molecule has 3 heterocycles. The summed E-state index contributed by atoms with van der Waals surface area (Å²) in [5.41, 5.74) is 0.248. The first kappa shape index (κ1) is 14.2. The summed E-state index contributed by atoms with van der Waals surface area (Å²) in [4.78, 5) is 18.8. The molecule has 3 aromatic rings. The van der Waals surface area contributed by atoms with Gasteiger partial charge in [-0.2, -0.15) is 17.7 Å². The maximum atomic E-state index is 12.8. The second-order valence-corrected chi connectivity index (χ2v) is 4.63. The lowest BCUT2D eigenvalue weighted by molar-refractivity contribution is -0.144. The van der Waals surface area contributed by atoms with Gasteiger partial charge in [-0.15, -0.1) is 5.10 Å². The number of nitrogens with zero attached hydrogens (tertiary/aromatic N) is 4. The maximum absolute atomic E-state index is 12.8. The van der Waals surface area contributed by atoms with Crippen LogP contribution < -0.4 is 0 Å². The highest BCUT2D eigenvalue weighted by Gasteiger charge is 2.36. The fraction of sp³-hybridized carbons (Fsp3) is 0.231. The summed E-state index contributed by atoms with van der Waals surface area (Å²) in [6, 6.07) is 4.41. The normalized spacial score (nSPS) is 12.0. The van der Waals surface area contributed by atoms with Crippen LogP contribution in [0.2, 0.25) is 0 Å². The highest BCUT2D eigenvalue weighted by Crippen LogP contribution is 2.28. The Hall–Kier alpha value is -2.71. The fourth-order valence-electron chi connectivity index (χ4n) is 1.97. The van der Waals surface area contributed by atoms with Gasteiger partial charge in [-0.05, 0) is 19.1 Å². The van der Waals surface area contributed by atoms with E-state index in [1.165, 1.54) is 25.3 Å². The average Bonchev–Trinajstić information content (AvgIpc) is 3.05. The maximum Gasteiger partial charge on any atom is 0.453 e. The number of hydrogen-bond acceptors (Lipinski definition) is 5. The Labute approximate surface area is 121 Å². The monoisotopic (exact) mass is 310 g/mol. The Morgan fingerprint density at radius 2 is 2.14 bits per heavy atom. The molecule has 0 aromatic carbocycles. The van der Waals surface area contributed by atoms with Gasteiger partial charge in [0.25, 0.3) is 5.82 Å². The molecule has 0 bridgehead atoms. The summed E-state index contributed by atoms with van der Waals surface area (Å²) in [7, 11) is 0. The summed E-state index contributed by atoms with van der Waals surface area (Å²) >= 11 is 0. The van der Waals surface area contributed by atoms with Crippen LogP contribution >= 0.6 is 0 Å². The number of hydrogen-bond donors (Lipinski definition) is 0. The number of ketones is 1. The molecular weight excluding hydrogens is 301 g/mol. The molecule has 3 rings (SSSR count). The number of carbonyl (C=O) groups excluding carboxylic acids is 1. The molecule has 22 heavy (non-hydrogen) atoms. The smallest absolute Gasteiger partial charge is 0.453 e. The molecule has 0 spiro atoms. The molecule has 6 nitrogen and oxygen atoms in total. The first-order valence-corrected chi connectivity index (χ1v) is 6.22. The first-order chi connectivity index (χ1) is 10.3. The predicted molar refractivity (Wildman–Crippen MR) is 67.9 cm³/mol. The van der Waals surface area contributed by atoms with E-state index >= 15 is 0 Å². The molecule has 0 aliphatic carbocycles. The van der Waals surface area contributed by atoms with Crippen LogP contribution in [0, 0.1) is 0 Å². The van der Waals surface area contributed by atoms with Crippen molar-refractivity contribution < 1.29 is 22.4 Å². The van der Waals surface area contributed by atoms with Crippen LogP contribution in [-0.2, 0) is 17.4 Å². The van der Waals surface area contributed by atoms with Crippen LogP contribution in [-0.4, -0.2) is 25.4 Å². The summed E-state index contributed by atoms with van der Waals surface area (Å²) in [5, 5.41) is 3.43. The van der Waals surface area contributed by atoms with Crippen molar-refractivity contribution in [3.8, 4) is 11.6 Å². The number of carbonyl (C=O) groups is 1. The zero-order valence-corrected chi connectivity index (χ0v) is 11.3. The zero-order chi connectivity index (χ0) is 15.9. The molecule has 0 fully saturated rings. The Bertz CT molecular complexity index is 837. The second kappa shape index (κ2) is 4.93.